The molecule has 122 valence electrons. The summed E-state index contributed by atoms with van der Waals surface area (Å²) in [5, 5.41) is 3.80. The summed E-state index contributed by atoms with van der Waals surface area (Å²) in [6, 6.07) is 13.0. The smallest absolute Gasteiger partial charge is 0.267 e. The van der Waals surface area contributed by atoms with E-state index in [1.165, 1.54) is 18.3 Å². The minimum Gasteiger partial charge on any atom is -0.267 e. The first kappa shape index (κ1) is 16.6. The number of aromatic nitrogens is 2. The van der Waals surface area contributed by atoms with Crippen LogP contribution in [-0.2, 0) is 6.18 Å². The highest BCUT2D eigenvalue weighted by Crippen LogP contribution is 2.28. The van der Waals surface area contributed by atoms with E-state index in [1.807, 2.05) is 22.6 Å². The fraction of sp³-hybridized carbons (Fsp3) is 0.0625. The van der Waals surface area contributed by atoms with Crippen molar-refractivity contribution >= 4 is 39.7 Å². The van der Waals surface area contributed by atoms with Crippen LogP contribution >= 0.6 is 22.6 Å². The standard InChI is InChI=1S/C16H9F3IN3O/c17-16(18,19)15-22-13-7-6-11(20)8-12(13)14(24)23(15)21-9-10-4-2-1-3-5-10/h1-9H. The van der Waals surface area contributed by atoms with Crippen molar-refractivity contribution in [3.8, 4) is 0 Å². The monoisotopic (exact) mass is 443 g/mol. The molecule has 0 bridgehead atoms. The Morgan fingerprint density at radius 3 is 2.50 bits per heavy atom. The molecule has 1 aromatic heterocycles. The predicted molar refractivity (Wildman–Crippen MR) is 93.2 cm³/mol. The average molecular weight is 443 g/mol. The Balaban J connectivity index is 2.26. The summed E-state index contributed by atoms with van der Waals surface area (Å²) in [6.07, 6.45) is -3.61. The summed E-state index contributed by atoms with van der Waals surface area (Å²) < 4.78 is 40.8. The summed E-state index contributed by atoms with van der Waals surface area (Å²) in [7, 11) is 0. The van der Waals surface area contributed by atoms with Crippen LogP contribution in [0.3, 0.4) is 0 Å². The summed E-state index contributed by atoms with van der Waals surface area (Å²) in [6.45, 7) is 0. The van der Waals surface area contributed by atoms with Crippen molar-refractivity contribution in [3.05, 3.63) is 73.8 Å². The van der Waals surface area contributed by atoms with Gasteiger partial charge in [-0.15, -0.1) is 0 Å². The molecule has 0 N–H and O–H groups in total. The lowest BCUT2D eigenvalue weighted by Gasteiger charge is -2.11. The molecule has 0 aliphatic carbocycles. The van der Waals surface area contributed by atoms with Gasteiger partial charge in [0.2, 0.25) is 5.82 Å². The zero-order valence-corrected chi connectivity index (χ0v) is 14.1. The van der Waals surface area contributed by atoms with Gasteiger partial charge in [-0.25, -0.2) is 4.98 Å². The maximum absolute atomic E-state index is 13.3. The lowest BCUT2D eigenvalue weighted by Crippen LogP contribution is -2.27. The molecular weight excluding hydrogens is 434 g/mol. The second-order valence-corrected chi connectivity index (χ2v) is 6.11. The van der Waals surface area contributed by atoms with E-state index in [1.54, 1.807) is 36.4 Å². The molecule has 4 nitrogen and oxygen atoms in total. The first-order valence-corrected chi connectivity index (χ1v) is 7.83. The van der Waals surface area contributed by atoms with E-state index in [0.29, 0.717) is 10.2 Å². The van der Waals surface area contributed by atoms with Gasteiger partial charge in [0.25, 0.3) is 5.56 Å². The van der Waals surface area contributed by atoms with Crippen molar-refractivity contribution in [2.24, 2.45) is 5.10 Å². The summed E-state index contributed by atoms with van der Waals surface area (Å²) >= 11 is 1.98. The van der Waals surface area contributed by atoms with E-state index in [0.717, 1.165) is 3.57 Å². The molecule has 2 aromatic carbocycles. The molecular formula is C16H9F3IN3O. The Morgan fingerprint density at radius 1 is 1.12 bits per heavy atom. The van der Waals surface area contributed by atoms with Crippen LogP contribution in [0.2, 0.25) is 0 Å². The minimum atomic E-state index is -4.80. The maximum atomic E-state index is 13.3. The number of halogens is 4. The van der Waals surface area contributed by atoms with Crippen LogP contribution in [0.15, 0.2) is 58.4 Å². The molecule has 0 aliphatic rings. The molecule has 0 fully saturated rings. The Bertz CT molecular complexity index is 982. The molecule has 3 aromatic rings. The molecule has 0 aliphatic heterocycles. The number of hydrogen-bond donors (Lipinski definition) is 0. The lowest BCUT2D eigenvalue weighted by atomic mass is 10.2. The molecule has 0 saturated carbocycles. The Morgan fingerprint density at radius 2 is 1.83 bits per heavy atom. The van der Waals surface area contributed by atoms with E-state index < -0.39 is 17.6 Å². The predicted octanol–water partition coefficient (Wildman–Crippen LogP) is 3.90. The molecule has 0 atom stereocenters. The molecule has 8 heteroatoms. The second kappa shape index (κ2) is 6.34. The second-order valence-electron chi connectivity index (χ2n) is 4.87. The van der Waals surface area contributed by atoms with Crippen LogP contribution in [0.4, 0.5) is 13.2 Å². The van der Waals surface area contributed by atoms with Crippen LogP contribution in [0.25, 0.3) is 10.9 Å². The third-order valence-electron chi connectivity index (χ3n) is 3.18. The summed E-state index contributed by atoms with van der Waals surface area (Å²) in [5.74, 6) is -1.35. The topological polar surface area (TPSA) is 47.2 Å². The van der Waals surface area contributed by atoms with Gasteiger partial charge in [0.1, 0.15) is 0 Å². The fourth-order valence-electron chi connectivity index (χ4n) is 2.10. The SMILES string of the molecule is O=c1c2cc(I)ccc2nc(C(F)(F)F)n1N=Cc1ccccc1. The highest BCUT2D eigenvalue weighted by molar-refractivity contribution is 14.1. The molecule has 0 saturated heterocycles. The summed E-state index contributed by atoms with van der Waals surface area (Å²) in [4.78, 5) is 16.1. The van der Waals surface area contributed by atoms with Gasteiger partial charge in [-0.3, -0.25) is 4.79 Å². The zero-order valence-electron chi connectivity index (χ0n) is 12.0. The molecule has 0 amide bonds. The molecule has 24 heavy (non-hydrogen) atoms. The number of hydrogen-bond acceptors (Lipinski definition) is 3. The number of rotatable bonds is 2. The highest BCUT2D eigenvalue weighted by Gasteiger charge is 2.37. The average Bonchev–Trinajstić information content (AvgIpc) is 2.54. The first-order chi connectivity index (χ1) is 11.4. The molecule has 3 rings (SSSR count). The van der Waals surface area contributed by atoms with Gasteiger partial charge in [-0.1, -0.05) is 30.3 Å². The zero-order chi connectivity index (χ0) is 17.3. The first-order valence-electron chi connectivity index (χ1n) is 6.75. The number of benzene rings is 2. The van der Waals surface area contributed by atoms with Crippen LogP contribution in [0.5, 0.6) is 0 Å². The third-order valence-corrected chi connectivity index (χ3v) is 3.85. The van der Waals surface area contributed by atoms with Crippen LogP contribution < -0.4 is 5.56 Å². The molecule has 0 spiro atoms. The van der Waals surface area contributed by atoms with Crippen molar-refractivity contribution in [1.82, 2.24) is 9.66 Å². The van der Waals surface area contributed by atoms with Crippen molar-refractivity contribution in [2.75, 3.05) is 0 Å². The number of alkyl halides is 3. The maximum Gasteiger partial charge on any atom is 0.451 e. The highest BCUT2D eigenvalue weighted by atomic mass is 127. The van der Waals surface area contributed by atoms with Gasteiger partial charge < -0.3 is 0 Å². The quantitative estimate of drug-likeness (QED) is 0.446. The van der Waals surface area contributed by atoms with Crippen LogP contribution in [0.1, 0.15) is 11.4 Å². The van der Waals surface area contributed by atoms with Crippen molar-refractivity contribution in [3.63, 3.8) is 0 Å². The van der Waals surface area contributed by atoms with Crippen molar-refractivity contribution < 1.29 is 13.2 Å². The van der Waals surface area contributed by atoms with Gasteiger partial charge in [0.05, 0.1) is 17.1 Å². The van der Waals surface area contributed by atoms with Gasteiger partial charge in [-0.05, 0) is 46.4 Å². The number of fused-ring (bicyclic) bond motifs is 1. The van der Waals surface area contributed by atoms with Gasteiger partial charge in [0, 0.05) is 3.57 Å². The Hall–Kier alpha value is -2.23. The molecule has 0 unspecified atom stereocenters. The van der Waals surface area contributed by atoms with Gasteiger partial charge >= 0.3 is 6.18 Å². The van der Waals surface area contributed by atoms with E-state index in [9.17, 15) is 18.0 Å². The lowest BCUT2D eigenvalue weighted by molar-refractivity contribution is -0.147. The Kier molecular flexibility index (Phi) is 4.39. The summed E-state index contributed by atoms with van der Waals surface area (Å²) in [5.41, 5.74) is -0.308. The fourth-order valence-corrected chi connectivity index (χ4v) is 2.59. The van der Waals surface area contributed by atoms with Crippen molar-refractivity contribution in [2.45, 2.75) is 6.18 Å². The van der Waals surface area contributed by atoms with Gasteiger partial charge in [0.15, 0.2) is 0 Å². The van der Waals surface area contributed by atoms with Crippen molar-refractivity contribution in [1.29, 1.82) is 0 Å². The van der Waals surface area contributed by atoms with E-state index in [-0.39, 0.29) is 10.9 Å². The van der Waals surface area contributed by atoms with Crippen LogP contribution in [0, 0.1) is 3.57 Å². The number of nitrogens with zero attached hydrogens (tertiary/aromatic N) is 3. The molecule has 0 radical (unpaired) electrons. The normalized spacial score (nSPS) is 12.2. The van der Waals surface area contributed by atoms with Crippen LogP contribution in [-0.4, -0.2) is 15.9 Å². The minimum absolute atomic E-state index is 0.0149. The van der Waals surface area contributed by atoms with Gasteiger partial charge in [-0.2, -0.15) is 22.9 Å². The molecule has 1 heterocycles. The van der Waals surface area contributed by atoms with E-state index in [4.69, 9.17) is 0 Å². The largest absolute Gasteiger partial charge is 0.451 e. The van der Waals surface area contributed by atoms with E-state index >= 15 is 0 Å². The van der Waals surface area contributed by atoms with E-state index in [2.05, 4.69) is 10.1 Å². The third kappa shape index (κ3) is 3.32. The Labute approximate surface area is 147 Å².